The topological polar surface area (TPSA) is 69.9 Å². The van der Waals surface area contributed by atoms with E-state index >= 15 is 0 Å². The molecule has 2 rings (SSSR count). The molecule has 0 fully saturated rings. The number of fused-ring (bicyclic) bond motifs is 1. The lowest BCUT2D eigenvalue weighted by Gasteiger charge is -2.21. The first-order chi connectivity index (χ1) is 11.1. The van der Waals surface area contributed by atoms with Gasteiger partial charge in [-0.15, -0.1) is 0 Å². The number of carbonyl (C=O) groups excluding carboxylic acids is 1. The van der Waals surface area contributed by atoms with Crippen LogP contribution in [0.5, 0.6) is 0 Å². The maximum absolute atomic E-state index is 12.5. The van der Waals surface area contributed by atoms with Gasteiger partial charge in [-0.1, -0.05) is 24.3 Å². The fourth-order valence-electron chi connectivity index (χ4n) is 2.31. The molecule has 126 valence electrons. The minimum atomic E-state index is -3.38. The van der Waals surface area contributed by atoms with Crippen molar-refractivity contribution in [3.63, 3.8) is 0 Å². The Labute approximate surface area is 135 Å². The van der Waals surface area contributed by atoms with Gasteiger partial charge in [-0.05, 0) is 38.3 Å². The molecule has 0 atom stereocenters. The van der Waals surface area contributed by atoms with E-state index in [1.165, 1.54) is 4.57 Å². The molecule has 7 heteroatoms. The van der Waals surface area contributed by atoms with E-state index in [2.05, 4.69) is 0 Å². The summed E-state index contributed by atoms with van der Waals surface area (Å²) in [5, 5.41) is 1.13. The molecule has 0 aliphatic heterocycles. The van der Waals surface area contributed by atoms with Crippen molar-refractivity contribution in [2.45, 2.75) is 20.8 Å². The molecule has 0 amide bonds. The third kappa shape index (κ3) is 3.67. The summed E-state index contributed by atoms with van der Waals surface area (Å²) in [7, 11) is -3.38. The van der Waals surface area contributed by atoms with Crippen LogP contribution in [-0.4, -0.2) is 35.4 Å². The van der Waals surface area contributed by atoms with Gasteiger partial charge in [0.25, 0.3) is 7.57 Å². The summed E-state index contributed by atoms with van der Waals surface area (Å²) in [6, 6.07) is 10.8. The fraction of sp³-hybridized carbons (Fsp3) is 0.375. The Morgan fingerprint density at radius 2 is 1.70 bits per heavy atom. The van der Waals surface area contributed by atoms with Gasteiger partial charge in [0.05, 0.1) is 25.3 Å². The summed E-state index contributed by atoms with van der Waals surface area (Å²) in [4.78, 5) is 23.3. The summed E-state index contributed by atoms with van der Waals surface area (Å²) in [6.07, 6.45) is -0.572. The van der Waals surface area contributed by atoms with E-state index in [1.54, 1.807) is 32.9 Å². The lowest BCUT2D eigenvalue weighted by Crippen LogP contribution is -2.17. The van der Waals surface area contributed by atoms with Crippen molar-refractivity contribution in [1.29, 1.82) is 0 Å². The SMILES string of the molecule is CCOC(=O)n1c(=P(O)(OCC)OCC)ccc2ccccc21. The van der Waals surface area contributed by atoms with Crippen LogP contribution in [-0.2, 0) is 13.8 Å². The predicted molar refractivity (Wildman–Crippen MR) is 90.0 cm³/mol. The molecule has 0 unspecified atom stereocenters. The molecule has 0 saturated heterocycles. The molecule has 0 spiro atoms. The number of hydrogen-bond donors (Lipinski definition) is 1. The van der Waals surface area contributed by atoms with E-state index < -0.39 is 13.7 Å². The number of pyridine rings is 1. The summed E-state index contributed by atoms with van der Waals surface area (Å²) < 4.78 is 17.5. The molecule has 0 radical (unpaired) electrons. The van der Waals surface area contributed by atoms with Crippen LogP contribution in [0.3, 0.4) is 0 Å². The van der Waals surface area contributed by atoms with Gasteiger partial charge >= 0.3 is 6.09 Å². The molecule has 2 aromatic rings. The second-order valence-corrected chi connectivity index (χ2v) is 6.66. The van der Waals surface area contributed by atoms with Crippen LogP contribution in [0, 0.1) is 5.07 Å². The molecule has 0 aliphatic carbocycles. The largest absolute Gasteiger partial charge is 0.449 e. The molecule has 1 heterocycles. The van der Waals surface area contributed by atoms with Crippen LogP contribution < -0.4 is 0 Å². The first kappa shape index (κ1) is 17.8. The minimum absolute atomic E-state index is 0.231. The molecular formula is C16H22NO5P. The minimum Gasteiger partial charge on any atom is -0.449 e. The highest BCUT2D eigenvalue weighted by Gasteiger charge is 2.22. The third-order valence-corrected chi connectivity index (χ3v) is 5.31. The molecule has 1 N–H and O–H groups in total. The average molecular weight is 339 g/mol. The van der Waals surface area contributed by atoms with E-state index in [9.17, 15) is 9.69 Å². The van der Waals surface area contributed by atoms with Gasteiger partial charge in [0, 0.05) is 0 Å². The normalized spacial score (nSPS) is 11.7. The van der Waals surface area contributed by atoms with Crippen LogP contribution in [0.1, 0.15) is 20.8 Å². The smallest absolute Gasteiger partial charge is 0.419 e. The molecule has 23 heavy (non-hydrogen) atoms. The standard InChI is InChI=1S/C16H22NO5P/c1-4-20-16(18)17-14-10-8-7-9-13(14)11-12-15(17)23(19,21-5-2)22-6-3/h7-12,19H,4-6H2,1-3H3. The second-order valence-electron chi connectivity index (χ2n) is 4.64. The van der Waals surface area contributed by atoms with Crippen molar-refractivity contribution in [2.75, 3.05) is 19.8 Å². The Hall–Kier alpha value is -1.59. The average Bonchev–Trinajstić information content (AvgIpc) is 2.54. The zero-order valence-electron chi connectivity index (χ0n) is 13.6. The van der Waals surface area contributed by atoms with Gasteiger partial charge < -0.3 is 18.7 Å². The maximum Gasteiger partial charge on any atom is 0.419 e. The zero-order chi connectivity index (χ0) is 16.9. The van der Waals surface area contributed by atoms with Gasteiger partial charge in [0.15, 0.2) is 0 Å². The summed E-state index contributed by atoms with van der Waals surface area (Å²) in [6.45, 7) is 6.02. The van der Waals surface area contributed by atoms with Crippen LogP contribution in [0.25, 0.3) is 10.9 Å². The highest BCUT2D eigenvalue weighted by Crippen LogP contribution is 2.48. The highest BCUT2D eigenvalue weighted by molar-refractivity contribution is 7.52. The number of carbonyl (C=O) groups is 1. The summed E-state index contributed by atoms with van der Waals surface area (Å²) >= 11 is 0. The van der Waals surface area contributed by atoms with Gasteiger partial charge in [-0.2, -0.15) is 0 Å². The van der Waals surface area contributed by atoms with Crippen molar-refractivity contribution >= 4 is 24.6 Å². The van der Waals surface area contributed by atoms with E-state index in [1.807, 2.05) is 24.3 Å². The Kier molecular flexibility index (Phi) is 6.02. The first-order valence-electron chi connectivity index (χ1n) is 7.59. The quantitative estimate of drug-likeness (QED) is 0.834. The van der Waals surface area contributed by atoms with E-state index in [0.29, 0.717) is 5.52 Å². The van der Waals surface area contributed by atoms with E-state index in [4.69, 9.17) is 13.8 Å². The summed E-state index contributed by atoms with van der Waals surface area (Å²) in [5.74, 6) is 0. The van der Waals surface area contributed by atoms with Crippen LogP contribution in [0.4, 0.5) is 4.79 Å². The zero-order valence-corrected chi connectivity index (χ0v) is 14.5. The monoisotopic (exact) mass is 339 g/mol. The van der Waals surface area contributed by atoms with Crippen LogP contribution in [0.2, 0.25) is 0 Å². The Morgan fingerprint density at radius 3 is 2.30 bits per heavy atom. The number of ether oxygens (including phenoxy) is 1. The molecule has 1 aromatic heterocycles. The molecule has 0 bridgehead atoms. The Bertz CT molecular complexity index is 773. The molecule has 0 saturated carbocycles. The van der Waals surface area contributed by atoms with Crippen molar-refractivity contribution in [2.24, 2.45) is 0 Å². The van der Waals surface area contributed by atoms with E-state index in [-0.39, 0.29) is 24.9 Å². The van der Waals surface area contributed by atoms with Gasteiger partial charge in [0.2, 0.25) is 0 Å². The van der Waals surface area contributed by atoms with Crippen LogP contribution >= 0.6 is 7.57 Å². The Morgan fingerprint density at radius 1 is 1.04 bits per heavy atom. The molecule has 1 aromatic carbocycles. The van der Waals surface area contributed by atoms with Gasteiger partial charge in [-0.3, -0.25) is 0 Å². The van der Waals surface area contributed by atoms with Crippen molar-refractivity contribution in [3.05, 3.63) is 41.5 Å². The van der Waals surface area contributed by atoms with Crippen molar-refractivity contribution in [3.8, 4) is 0 Å². The number of hydrogen-bond acceptors (Lipinski definition) is 5. The number of para-hydroxylation sites is 1. The lowest BCUT2D eigenvalue weighted by molar-refractivity contribution is 0.153. The van der Waals surface area contributed by atoms with Gasteiger partial charge in [-0.25, -0.2) is 9.36 Å². The highest BCUT2D eigenvalue weighted by atomic mass is 31.2. The van der Waals surface area contributed by atoms with Crippen molar-refractivity contribution < 1.29 is 23.5 Å². The number of rotatable bonds is 5. The second kappa shape index (κ2) is 7.79. The lowest BCUT2D eigenvalue weighted by atomic mass is 10.2. The maximum atomic E-state index is 12.5. The predicted octanol–water partition coefficient (Wildman–Crippen LogP) is 4.01. The van der Waals surface area contributed by atoms with E-state index in [0.717, 1.165) is 5.39 Å². The summed E-state index contributed by atoms with van der Waals surface area (Å²) in [5.41, 5.74) is 0.626. The molecule has 0 aliphatic rings. The Balaban J connectivity index is 2.92. The third-order valence-electron chi connectivity index (χ3n) is 3.17. The first-order valence-corrected chi connectivity index (χ1v) is 9.17. The molecule has 6 nitrogen and oxygen atoms in total. The molecular weight excluding hydrogens is 317 g/mol. The fourth-order valence-corrected chi connectivity index (χ4v) is 4.06. The number of benzene rings is 1. The number of nitrogens with zero attached hydrogens (tertiary/aromatic N) is 1. The van der Waals surface area contributed by atoms with Crippen LogP contribution in [0.15, 0.2) is 36.4 Å². The van der Waals surface area contributed by atoms with Gasteiger partial charge in [0.1, 0.15) is 5.07 Å². The van der Waals surface area contributed by atoms with Crippen molar-refractivity contribution in [1.82, 2.24) is 4.57 Å². The number of aromatic nitrogens is 1.